The van der Waals surface area contributed by atoms with Gasteiger partial charge in [0.2, 0.25) is 11.8 Å². The molecule has 3 amide bonds. The van der Waals surface area contributed by atoms with Crippen molar-refractivity contribution in [2.75, 3.05) is 11.9 Å². The summed E-state index contributed by atoms with van der Waals surface area (Å²) in [6.45, 7) is -0.855. The van der Waals surface area contributed by atoms with Gasteiger partial charge in [-0.25, -0.2) is 4.79 Å². The molecule has 2 aromatic rings. The maximum Gasteiger partial charge on any atom is 0.416 e. The van der Waals surface area contributed by atoms with Gasteiger partial charge in [-0.1, -0.05) is 54.1 Å². The van der Waals surface area contributed by atoms with Crippen LogP contribution in [0.15, 0.2) is 60.7 Å². The molecule has 2 fully saturated rings. The third-order valence-electron chi connectivity index (χ3n) is 7.27. The lowest BCUT2D eigenvalue weighted by atomic mass is 9.85. The van der Waals surface area contributed by atoms with E-state index in [4.69, 9.17) is 16.3 Å². The van der Waals surface area contributed by atoms with Crippen molar-refractivity contribution in [3.05, 3.63) is 76.8 Å². The van der Waals surface area contributed by atoms with Crippen molar-refractivity contribution in [1.82, 2.24) is 4.90 Å². The monoisotopic (exact) mass is 546 g/mol. The number of esters is 1. The molecule has 5 rings (SSSR count). The first-order valence-corrected chi connectivity index (χ1v) is 12.3. The topological polar surface area (TPSA) is 92.8 Å². The van der Waals surface area contributed by atoms with Crippen LogP contribution in [0.25, 0.3) is 0 Å². The lowest BCUT2D eigenvalue weighted by molar-refractivity contribution is -0.160. The summed E-state index contributed by atoms with van der Waals surface area (Å²) in [6, 6.07) is 9.88. The lowest BCUT2D eigenvalue weighted by Crippen LogP contribution is -2.48. The summed E-state index contributed by atoms with van der Waals surface area (Å²) in [5.74, 6) is -3.92. The first-order valence-electron chi connectivity index (χ1n) is 12.0. The van der Waals surface area contributed by atoms with Gasteiger partial charge in [0, 0.05) is 6.42 Å². The van der Waals surface area contributed by atoms with Crippen LogP contribution in [0.3, 0.4) is 0 Å². The van der Waals surface area contributed by atoms with E-state index in [0.29, 0.717) is 11.6 Å². The Kier molecular flexibility index (Phi) is 6.77. The van der Waals surface area contributed by atoms with Gasteiger partial charge in [-0.3, -0.25) is 19.3 Å². The van der Waals surface area contributed by atoms with E-state index < -0.39 is 59.9 Å². The van der Waals surface area contributed by atoms with Gasteiger partial charge >= 0.3 is 12.1 Å². The van der Waals surface area contributed by atoms with E-state index >= 15 is 0 Å². The summed E-state index contributed by atoms with van der Waals surface area (Å²) in [5.41, 5.74) is -0.644. The summed E-state index contributed by atoms with van der Waals surface area (Å²) in [5, 5.41) is 2.07. The second-order valence-corrected chi connectivity index (χ2v) is 10.0. The van der Waals surface area contributed by atoms with Gasteiger partial charge in [-0.05, 0) is 42.0 Å². The van der Waals surface area contributed by atoms with E-state index in [9.17, 15) is 32.3 Å². The van der Waals surface area contributed by atoms with E-state index in [1.807, 2.05) is 12.2 Å². The Balaban J connectivity index is 1.31. The molecular formula is C27H22ClF3N2O5. The molecule has 1 aliphatic heterocycles. The SMILES string of the molecule is O=C(COC(=O)[C@H](Cc1ccccc1)N1C(=O)[C@@H]2[C@@H](C1=O)[C@H]1C=C[C@H]2C1)Nc1cc(C(F)(F)F)ccc1Cl. The van der Waals surface area contributed by atoms with Gasteiger partial charge in [-0.15, -0.1) is 0 Å². The Hall–Kier alpha value is -3.66. The number of rotatable bonds is 7. The van der Waals surface area contributed by atoms with Gasteiger partial charge in [0.05, 0.1) is 28.1 Å². The molecule has 0 unspecified atom stereocenters. The number of fused-ring (bicyclic) bond motifs is 5. The highest BCUT2D eigenvalue weighted by Gasteiger charge is 2.61. The second-order valence-electron chi connectivity index (χ2n) is 9.60. The predicted octanol–water partition coefficient (Wildman–Crippen LogP) is 4.26. The Morgan fingerprint density at radius 3 is 2.26 bits per heavy atom. The molecule has 1 N–H and O–H groups in total. The Morgan fingerprint density at radius 2 is 1.66 bits per heavy atom. The van der Waals surface area contributed by atoms with Crippen LogP contribution in [0, 0.1) is 23.7 Å². The highest BCUT2D eigenvalue weighted by Crippen LogP contribution is 2.53. The van der Waals surface area contributed by atoms with Gasteiger partial charge in [0.15, 0.2) is 6.61 Å². The minimum Gasteiger partial charge on any atom is -0.454 e. The van der Waals surface area contributed by atoms with Crippen LogP contribution in [0.1, 0.15) is 17.5 Å². The molecule has 2 aromatic carbocycles. The molecule has 11 heteroatoms. The largest absolute Gasteiger partial charge is 0.454 e. The number of anilines is 1. The molecule has 0 aromatic heterocycles. The third kappa shape index (κ3) is 4.80. The maximum absolute atomic E-state index is 13.3. The zero-order valence-electron chi connectivity index (χ0n) is 19.8. The van der Waals surface area contributed by atoms with Crippen LogP contribution in [0.4, 0.5) is 18.9 Å². The third-order valence-corrected chi connectivity index (χ3v) is 7.60. The summed E-state index contributed by atoms with van der Waals surface area (Å²) in [6.07, 6.45) is -0.0565. The highest BCUT2D eigenvalue weighted by atomic mass is 35.5. The van der Waals surface area contributed by atoms with Gasteiger partial charge in [-0.2, -0.15) is 13.2 Å². The van der Waals surface area contributed by atoms with Crippen molar-refractivity contribution < 1.29 is 37.1 Å². The Morgan fingerprint density at radius 1 is 1.03 bits per heavy atom. The number of amides is 3. The fourth-order valence-corrected chi connectivity index (χ4v) is 5.73. The molecular weight excluding hydrogens is 525 g/mol. The second kappa shape index (κ2) is 9.90. The highest BCUT2D eigenvalue weighted by molar-refractivity contribution is 6.33. The average molecular weight is 547 g/mol. The molecule has 5 atom stereocenters. The van der Waals surface area contributed by atoms with Crippen LogP contribution >= 0.6 is 11.6 Å². The molecule has 198 valence electrons. The Bertz CT molecular complexity index is 1300. The molecule has 7 nitrogen and oxygen atoms in total. The standard InChI is InChI=1S/C27H22ClF3N2O5/c28-18-9-8-17(27(29,30)31)12-19(18)32-21(34)13-38-26(37)20(10-14-4-2-1-3-5-14)33-24(35)22-15-6-7-16(11-15)23(22)25(33)36/h1-9,12,15-16,20,22-23H,10-11,13H2,(H,32,34)/t15-,16-,20-,22-,23-/m0/s1. The van der Waals surface area contributed by atoms with Crippen molar-refractivity contribution >= 4 is 41.0 Å². The zero-order valence-corrected chi connectivity index (χ0v) is 20.5. The van der Waals surface area contributed by atoms with Gasteiger partial charge < -0.3 is 10.1 Å². The van der Waals surface area contributed by atoms with Gasteiger partial charge in [0.1, 0.15) is 6.04 Å². The van der Waals surface area contributed by atoms with E-state index in [1.54, 1.807) is 30.3 Å². The number of imide groups is 1. The minimum absolute atomic E-state index is 0.0135. The first kappa shape index (κ1) is 26.0. The number of alkyl halides is 3. The smallest absolute Gasteiger partial charge is 0.416 e. The lowest BCUT2D eigenvalue weighted by Gasteiger charge is -2.26. The molecule has 38 heavy (non-hydrogen) atoms. The van der Waals surface area contributed by atoms with Crippen molar-refractivity contribution in [3.63, 3.8) is 0 Å². The minimum atomic E-state index is -4.65. The molecule has 0 radical (unpaired) electrons. The molecule has 1 saturated heterocycles. The Labute approximate surface area is 220 Å². The maximum atomic E-state index is 13.3. The van der Waals surface area contributed by atoms with Crippen molar-refractivity contribution in [1.29, 1.82) is 0 Å². The number of likely N-dealkylation sites (tertiary alicyclic amines) is 1. The number of benzene rings is 2. The van der Waals surface area contributed by atoms with E-state index in [1.165, 1.54) is 0 Å². The molecule has 0 spiro atoms. The number of hydrogen-bond donors (Lipinski definition) is 1. The van der Waals surface area contributed by atoms with E-state index in [2.05, 4.69) is 5.32 Å². The molecule has 2 bridgehead atoms. The molecule has 2 aliphatic carbocycles. The summed E-state index contributed by atoms with van der Waals surface area (Å²) in [7, 11) is 0. The fourth-order valence-electron chi connectivity index (χ4n) is 5.57. The first-order chi connectivity index (χ1) is 18.0. The van der Waals surface area contributed by atoms with Crippen LogP contribution in [0.5, 0.6) is 0 Å². The number of nitrogens with one attached hydrogen (secondary N) is 1. The number of halogens is 4. The van der Waals surface area contributed by atoms with Crippen molar-refractivity contribution in [2.45, 2.75) is 25.1 Å². The van der Waals surface area contributed by atoms with E-state index in [0.717, 1.165) is 23.5 Å². The summed E-state index contributed by atoms with van der Waals surface area (Å²) in [4.78, 5) is 53.3. The number of hydrogen-bond acceptors (Lipinski definition) is 5. The quantitative estimate of drug-likeness (QED) is 0.318. The van der Waals surface area contributed by atoms with Crippen LogP contribution < -0.4 is 5.32 Å². The number of ether oxygens (including phenoxy) is 1. The average Bonchev–Trinajstić information content (AvgIpc) is 3.56. The van der Waals surface area contributed by atoms with Crippen molar-refractivity contribution in [2.24, 2.45) is 23.7 Å². The predicted molar refractivity (Wildman–Crippen MR) is 130 cm³/mol. The number of nitrogens with zero attached hydrogens (tertiary/aromatic N) is 1. The van der Waals surface area contributed by atoms with E-state index in [-0.39, 0.29) is 29.0 Å². The number of carbonyl (C=O) groups is 4. The fraction of sp³-hybridized carbons (Fsp3) is 0.333. The van der Waals surface area contributed by atoms with Crippen molar-refractivity contribution in [3.8, 4) is 0 Å². The molecule has 3 aliphatic rings. The summed E-state index contributed by atoms with van der Waals surface area (Å²) < 4.78 is 44.2. The van der Waals surface area contributed by atoms with Gasteiger partial charge in [0.25, 0.3) is 5.91 Å². The molecule has 1 saturated carbocycles. The zero-order chi connectivity index (χ0) is 27.2. The van der Waals surface area contributed by atoms with Crippen LogP contribution in [-0.4, -0.2) is 41.2 Å². The van der Waals surface area contributed by atoms with Crippen LogP contribution in [-0.2, 0) is 36.5 Å². The number of allylic oxidation sites excluding steroid dienone is 2. The number of carbonyl (C=O) groups excluding carboxylic acids is 4. The summed E-state index contributed by atoms with van der Waals surface area (Å²) >= 11 is 5.91. The molecule has 1 heterocycles. The normalized spacial score (nSPS) is 24.5. The van der Waals surface area contributed by atoms with Crippen LogP contribution in [0.2, 0.25) is 5.02 Å².